The van der Waals surface area contributed by atoms with Crippen molar-refractivity contribution in [2.75, 3.05) is 9.80 Å². The van der Waals surface area contributed by atoms with Gasteiger partial charge in [-0.2, -0.15) is 0 Å². The molecule has 2 heteroatoms. The first kappa shape index (κ1) is 49.8. The van der Waals surface area contributed by atoms with Crippen molar-refractivity contribution in [2.24, 2.45) is 0 Å². The second-order valence-electron chi connectivity index (χ2n) is 24.1. The minimum absolute atomic E-state index is 0.148. The van der Waals surface area contributed by atoms with Crippen LogP contribution < -0.4 is 9.80 Å². The van der Waals surface area contributed by atoms with Gasteiger partial charge in [0.1, 0.15) is 0 Å². The van der Waals surface area contributed by atoms with E-state index in [2.05, 4.69) is 310 Å². The zero-order valence-corrected chi connectivity index (χ0v) is 47.3. The molecule has 0 N–H and O–H groups in total. The summed E-state index contributed by atoms with van der Waals surface area (Å²) in [4.78, 5) is 4.83. The fourth-order valence-corrected chi connectivity index (χ4v) is 13.4. The average Bonchev–Trinajstić information content (AvgIpc) is 4.02. The summed E-state index contributed by atoms with van der Waals surface area (Å²) < 4.78 is 0. The van der Waals surface area contributed by atoms with Crippen LogP contribution in [-0.4, -0.2) is 0 Å². The highest BCUT2D eigenvalue weighted by Crippen LogP contribution is 2.54. The monoisotopic (exact) mass is 1020 g/mol. The van der Waals surface area contributed by atoms with Crippen LogP contribution in [-0.2, 0) is 16.2 Å². The van der Waals surface area contributed by atoms with E-state index in [-0.39, 0.29) is 16.2 Å². The van der Waals surface area contributed by atoms with Crippen LogP contribution in [0.4, 0.5) is 34.1 Å². The minimum atomic E-state index is -0.171. The Labute approximate surface area is 468 Å². The third-order valence-corrected chi connectivity index (χ3v) is 17.8. The van der Waals surface area contributed by atoms with Crippen LogP contribution in [0.1, 0.15) is 119 Å². The molecule has 0 aliphatic heterocycles. The third-order valence-electron chi connectivity index (χ3n) is 17.8. The van der Waals surface area contributed by atoms with E-state index in [9.17, 15) is 0 Å². The number of rotatable bonds is 10. The molecular formula is C77H68N2. The van der Waals surface area contributed by atoms with Gasteiger partial charge >= 0.3 is 0 Å². The van der Waals surface area contributed by atoms with E-state index < -0.39 is 0 Å². The molecule has 10 aromatic rings. The number of para-hydroxylation sites is 2. The molecule has 0 saturated carbocycles. The van der Waals surface area contributed by atoms with Gasteiger partial charge in [0.2, 0.25) is 0 Å². The summed E-state index contributed by atoms with van der Waals surface area (Å²) in [5, 5.41) is 0. The quantitative estimate of drug-likeness (QED) is 0.126. The molecule has 0 radical (unpaired) electrons. The van der Waals surface area contributed by atoms with E-state index in [4.69, 9.17) is 0 Å². The first-order chi connectivity index (χ1) is 38.0. The maximum Gasteiger partial charge on any atom is 0.0490 e. The third kappa shape index (κ3) is 8.39. The van der Waals surface area contributed by atoms with Crippen molar-refractivity contribution >= 4 is 58.4 Å². The van der Waals surface area contributed by atoms with Crippen molar-refractivity contribution in [2.45, 2.75) is 85.5 Å². The molecule has 3 aliphatic rings. The predicted molar refractivity (Wildman–Crippen MR) is 338 cm³/mol. The summed E-state index contributed by atoms with van der Waals surface area (Å²) in [5.74, 6) is 0. The average molecular weight is 1020 g/mol. The molecule has 3 aliphatic carbocycles. The smallest absolute Gasteiger partial charge is 0.0490 e. The topological polar surface area (TPSA) is 6.48 Å². The molecule has 0 amide bonds. The Hall–Kier alpha value is -8.72. The number of fused-ring (bicyclic) bond motifs is 9. The normalized spacial score (nSPS) is 14.7. The van der Waals surface area contributed by atoms with Gasteiger partial charge in [-0.15, -0.1) is 0 Å². The molecule has 79 heavy (non-hydrogen) atoms. The number of hydrogen-bond acceptors (Lipinski definition) is 2. The number of anilines is 6. The predicted octanol–water partition coefficient (Wildman–Crippen LogP) is 21.1. The minimum Gasteiger partial charge on any atom is -0.310 e. The van der Waals surface area contributed by atoms with Gasteiger partial charge < -0.3 is 9.80 Å². The fraction of sp³-hybridized carbons (Fsp3) is 0.169. The molecule has 13 rings (SSSR count). The molecule has 0 atom stereocenters. The Bertz CT molecular complexity index is 3910. The summed E-state index contributed by atoms with van der Waals surface area (Å²) in [5.41, 5.74) is 32.6. The van der Waals surface area contributed by atoms with Gasteiger partial charge in [0, 0.05) is 50.4 Å². The standard InChI is InChI=1S/C77H68N2/c1-49-17-15-21-57(41-49)78(73-23-13-11-19-51(73)3)59-33-39-65-63-37-31-55(45-69(63)76(7,8)71(65)47-59)27-25-53-29-35-61-62-36-30-54(44-68(62)75(5,6)67(61)43-53)26-28-56-32-38-64-66-40-34-60(48-72(66)77(9,10)70(64)46-56)79(58-22-16-18-50(2)42-58)74-24-14-12-20-52(74)4/h11-48H,1-10H3. The van der Waals surface area contributed by atoms with Gasteiger partial charge in [0.05, 0.1) is 0 Å². The first-order valence-corrected chi connectivity index (χ1v) is 28.1. The molecule has 386 valence electrons. The van der Waals surface area contributed by atoms with E-state index in [0.29, 0.717) is 0 Å². The Morgan fingerprint density at radius 1 is 0.266 bits per heavy atom. The summed E-state index contributed by atoms with van der Waals surface area (Å²) in [6, 6.07) is 77.4. The Balaban J connectivity index is 0.734. The maximum absolute atomic E-state index is 2.43. The van der Waals surface area contributed by atoms with E-state index in [1.807, 2.05) is 0 Å². The molecule has 10 aromatic carbocycles. The Morgan fingerprint density at radius 2 is 0.544 bits per heavy atom. The highest BCUT2D eigenvalue weighted by molar-refractivity contribution is 5.91. The highest BCUT2D eigenvalue weighted by Gasteiger charge is 2.39. The van der Waals surface area contributed by atoms with Crippen LogP contribution >= 0.6 is 0 Å². The SMILES string of the molecule is Cc1cccc(N(c2ccc3c(c2)C(C)(C)c2cc(C=Cc4ccc5c(c4)C(C)(C)c4cc(C=Cc6ccc7c(c6)C(C)(C)c6cc(N(c8cccc(C)c8)c8ccccc8C)ccc6-7)ccc4-5)ccc2-3)c2ccccc2C)c1. The molecule has 0 spiro atoms. The van der Waals surface area contributed by atoms with Crippen LogP contribution in [0.25, 0.3) is 57.7 Å². The largest absolute Gasteiger partial charge is 0.310 e. The molecule has 2 nitrogen and oxygen atoms in total. The van der Waals surface area contributed by atoms with E-state index in [1.165, 1.54) is 145 Å². The highest BCUT2D eigenvalue weighted by atomic mass is 15.1. The van der Waals surface area contributed by atoms with Crippen molar-refractivity contribution in [3.8, 4) is 33.4 Å². The molecular weight excluding hydrogens is 953 g/mol. The summed E-state index contributed by atoms with van der Waals surface area (Å²) in [6.45, 7) is 23.1. The number of benzene rings is 10. The van der Waals surface area contributed by atoms with Crippen LogP contribution in [0.15, 0.2) is 206 Å². The summed E-state index contributed by atoms with van der Waals surface area (Å²) >= 11 is 0. The van der Waals surface area contributed by atoms with Crippen molar-refractivity contribution in [3.05, 3.63) is 284 Å². The molecule has 0 fully saturated rings. The summed E-state index contributed by atoms with van der Waals surface area (Å²) in [6.07, 6.45) is 9.19. The number of aryl methyl sites for hydroxylation is 4. The first-order valence-electron chi connectivity index (χ1n) is 28.1. The lowest BCUT2D eigenvalue weighted by atomic mass is 9.81. The van der Waals surface area contributed by atoms with Gasteiger partial charge in [0.15, 0.2) is 0 Å². The zero-order chi connectivity index (χ0) is 54.5. The van der Waals surface area contributed by atoms with Crippen LogP contribution in [0.5, 0.6) is 0 Å². The summed E-state index contributed by atoms with van der Waals surface area (Å²) in [7, 11) is 0. The van der Waals surface area contributed by atoms with Gasteiger partial charge in [0.25, 0.3) is 0 Å². The van der Waals surface area contributed by atoms with E-state index in [0.717, 1.165) is 0 Å². The lowest BCUT2D eigenvalue weighted by molar-refractivity contribution is 0.660. The van der Waals surface area contributed by atoms with E-state index >= 15 is 0 Å². The van der Waals surface area contributed by atoms with Crippen LogP contribution in [0.3, 0.4) is 0 Å². The Kier molecular flexibility index (Phi) is 11.8. The number of hydrogen-bond donors (Lipinski definition) is 0. The molecule has 0 bridgehead atoms. The maximum atomic E-state index is 2.43. The zero-order valence-electron chi connectivity index (χ0n) is 47.3. The lowest BCUT2D eigenvalue weighted by Crippen LogP contribution is -2.17. The molecule has 0 unspecified atom stereocenters. The van der Waals surface area contributed by atoms with Crippen LogP contribution in [0, 0.1) is 27.7 Å². The molecule has 0 heterocycles. The van der Waals surface area contributed by atoms with Gasteiger partial charge in [-0.1, -0.05) is 211 Å². The Morgan fingerprint density at radius 3 is 0.848 bits per heavy atom. The van der Waals surface area contributed by atoms with Crippen molar-refractivity contribution in [3.63, 3.8) is 0 Å². The van der Waals surface area contributed by atoms with Crippen molar-refractivity contribution in [1.82, 2.24) is 0 Å². The van der Waals surface area contributed by atoms with Crippen molar-refractivity contribution in [1.29, 1.82) is 0 Å². The fourth-order valence-electron chi connectivity index (χ4n) is 13.4. The van der Waals surface area contributed by atoms with Gasteiger partial charge in [-0.05, 0) is 200 Å². The molecule has 0 saturated heterocycles. The van der Waals surface area contributed by atoms with Crippen molar-refractivity contribution < 1.29 is 0 Å². The van der Waals surface area contributed by atoms with Crippen LogP contribution in [0.2, 0.25) is 0 Å². The molecule has 0 aromatic heterocycles. The van der Waals surface area contributed by atoms with Gasteiger partial charge in [-0.3, -0.25) is 0 Å². The lowest BCUT2D eigenvalue weighted by Gasteiger charge is -2.29. The van der Waals surface area contributed by atoms with Gasteiger partial charge in [-0.25, -0.2) is 0 Å². The second-order valence-corrected chi connectivity index (χ2v) is 24.1. The second kappa shape index (κ2) is 18.7. The van der Waals surface area contributed by atoms with E-state index in [1.54, 1.807) is 0 Å². The number of nitrogens with zero attached hydrogens (tertiary/aromatic N) is 2.